The fraction of sp³-hybridized carbons (Fsp3) is 0.444. The summed E-state index contributed by atoms with van der Waals surface area (Å²) in [4.78, 5) is 5.97. The highest BCUT2D eigenvalue weighted by molar-refractivity contribution is 7.11. The van der Waals surface area contributed by atoms with Crippen LogP contribution in [0.2, 0.25) is 0 Å². The lowest BCUT2D eigenvalue weighted by Crippen LogP contribution is -1.85. The number of aryl methyl sites for hydroxylation is 2. The first-order valence-corrected chi connectivity index (χ1v) is 4.78. The van der Waals surface area contributed by atoms with E-state index in [0.29, 0.717) is 0 Å². The van der Waals surface area contributed by atoms with Crippen LogP contribution in [0, 0.1) is 6.92 Å². The van der Waals surface area contributed by atoms with Crippen LogP contribution in [0.4, 0.5) is 0 Å². The second-order valence-electron chi connectivity index (χ2n) is 2.82. The predicted octanol–water partition coefficient (Wildman–Crippen LogP) is 2.50. The number of nitrogens with zero attached hydrogens (tertiary/aromatic N) is 1. The number of hydrogen-bond donors (Lipinski definition) is 0. The Bertz CT molecular complexity index is 286. The van der Waals surface area contributed by atoms with Gasteiger partial charge in [-0.15, -0.1) is 11.3 Å². The highest BCUT2D eigenvalue weighted by Gasteiger charge is 2.08. The zero-order valence-corrected chi connectivity index (χ0v) is 7.45. The maximum atomic E-state index is 4.48. The SMILES string of the molecule is Cc1nc2c(s1)CCC=CC2. The molecule has 0 spiro atoms. The first-order valence-electron chi connectivity index (χ1n) is 3.96. The Hall–Kier alpha value is -0.630. The topological polar surface area (TPSA) is 12.9 Å². The average Bonchev–Trinajstić information content (AvgIpc) is 2.17. The van der Waals surface area contributed by atoms with Gasteiger partial charge in [0.1, 0.15) is 0 Å². The van der Waals surface area contributed by atoms with Gasteiger partial charge in [-0.05, 0) is 19.8 Å². The van der Waals surface area contributed by atoms with E-state index in [1.807, 2.05) is 11.3 Å². The van der Waals surface area contributed by atoms with Crippen molar-refractivity contribution in [3.8, 4) is 0 Å². The van der Waals surface area contributed by atoms with Crippen molar-refractivity contribution in [3.63, 3.8) is 0 Å². The van der Waals surface area contributed by atoms with Gasteiger partial charge in [0.15, 0.2) is 0 Å². The lowest BCUT2D eigenvalue weighted by atomic mass is 10.2. The van der Waals surface area contributed by atoms with Crippen molar-refractivity contribution in [2.45, 2.75) is 26.2 Å². The number of aromatic nitrogens is 1. The van der Waals surface area contributed by atoms with E-state index in [-0.39, 0.29) is 0 Å². The Morgan fingerprint density at radius 2 is 2.36 bits per heavy atom. The van der Waals surface area contributed by atoms with Crippen LogP contribution < -0.4 is 0 Å². The summed E-state index contributed by atoms with van der Waals surface area (Å²) in [7, 11) is 0. The summed E-state index contributed by atoms with van der Waals surface area (Å²) < 4.78 is 0. The summed E-state index contributed by atoms with van der Waals surface area (Å²) >= 11 is 1.85. The molecule has 0 aromatic carbocycles. The van der Waals surface area contributed by atoms with Crippen LogP contribution in [0.25, 0.3) is 0 Å². The Kier molecular flexibility index (Phi) is 1.78. The van der Waals surface area contributed by atoms with E-state index in [2.05, 4.69) is 24.1 Å². The number of thiazole rings is 1. The molecule has 0 unspecified atom stereocenters. The van der Waals surface area contributed by atoms with E-state index in [4.69, 9.17) is 0 Å². The smallest absolute Gasteiger partial charge is 0.0900 e. The molecule has 0 amide bonds. The summed E-state index contributed by atoms with van der Waals surface area (Å²) in [6.45, 7) is 2.09. The van der Waals surface area contributed by atoms with Crippen molar-refractivity contribution in [2.24, 2.45) is 0 Å². The minimum Gasteiger partial charge on any atom is -0.246 e. The van der Waals surface area contributed by atoms with Crippen LogP contribution in [0.3, 0.4) is 0 Å². The maximum absolute atomic E-state index is 4.48. The van der Waals surface area contributed by atoms with Crippen molar-refractivity contribution in [1.29, 1.82) is 0 Å². The summed E-state index contributed by atoms with van der Waals surface area (Å²) in [5, 5.41) is 1.21. The quantitative estimate of drug-likeness (QED) is 0.538. The summed E-state index contributed by atoms with van der Waals surface area (Å²) in [5.41, 5.74) is 1.31. The number of hydrogen-bond acceptors (Lipinski definition) is 2. The van der Waals surface area contributed by atoms with Crippen molar-refractivity contribution < 1.29 is 0 Å². The molecule has 1 nitrogen and oxygen atoms in total. The highest BCUT2D eigenvalue weighted by Crippen LogP contribution is 2.22. The minimum absolute atomic E-state index is 1.04. The normalized spacial score (nSPS) is 16.1. The fourth-order valence-electron chi connectivity index (χ4n) is 1.39. The van der Waals surface area contributed by atoms with Crippen LogP contribution in [0.5, 0.6) is 0 Å². The molecule has 0 aliphatic heterocycles. The molecule has 0 N–H and O–H groups in total. The standard InChI is InChI=1S/C9H11NS/c1-7-10-8-5-3-2-4-6-9(8)11-7/h2-3H,4-6H2,1H3. The molecule has 0 saturated heterocycles. The van der Waals surface area contributed by atoms with E-state index in [1.54, 1.807) is 0 Å². The van der Waals surface area contributed by atoms with E-state index in [1.165, 1.54) is 28.4 Å². The van der Waals surface area contributed by atoms with E-state index in [0.717, 1.165) is 6.42 Å². The predicted molar refractivity (Wildman–Crippen MR) is 48.0 cm³/mol. The van der Waals surface area contributed by atoms with E-state index < -0.39 is 0 Å². The van der Waals surface area contributed by atoms with Gasteiger partial charge in [0.05, 0.1) is 10.7 Å². The third-order valence-electron chi connectivity index (χ3n) is 1.90. The summed E-state index contributed by atoms with van der Waals surface area (Å²) in [6, 6.07) is 0. The van der Waals surface area contributed by atoms with Crippen LogP contribution in [0.15, 0.2) is 12.2 Å². The molecule has 2 heteroatoms. The molecule has 58 valence electrons. The van der Waals surface area contributed by atoms with Gasteiger partial charge in [-0.2, -0.15) is 0 Å². The van der Waals surface area contributed by atoms with Gasteiger partial charge in [0.25, 0.3) is 0 Å². The van der Waals surface area contributed by atoms with Gasteiger partial charge >= 0.3 is 0 Å². The van der Waals surface area contributed by atoms with Gasteiger partial charge < -0.3 is 0 Å². The monoisotopic (exact) mass is 165 g/mol. The summed E-state index contributed by atoms with van der Waals surface area (Å²) in [6.07, 6.45) is 7.90. The zero-order chi connectivity index (χ0) is 7.68. The van der Waals surface area contributed by atoms with Crippen molar-refractivity contribution in [2.75, 3.05) is 0 Å². The fourth-order valence-corrected chi connectivity index (χ4v) is 2.37. The zero-order valence-electron chi connectivity index (χ0n) is 6.63. The van der Waals surface area contributed by atoms with Gasteiger partial charge in [-0.3, -0.25) is 0 Å². The second kappa shape index (κ2) is 2.78. The van der Waals surface area contributed by atoms with Crippen LogP contribution in [0.1, 0.15) is 22.0 Å². The Balaban J connectivity index is 2.39. The molecule has 0 saturated carbocycles. The number of fused-ring (bicyclic) bond motifs is 1. The molecular weight excluding hydrogens is 154 g/mol. The number of rotatable bonds is 0. The lowest BCUT2D eigenvalue weighted by Gasteiger charge is -1.90. The van der Waals surface area contributed by atoms with E-state index in [9.17, 15) is 0 Å². The third-order valence-corrected chi connectivity index (χ3v) is 2.97. The molecule has 1 aromatic heterocycles. The molecule has 1 heterocycles. The van der Waals surface area contributed by atoms with Gasteiger partial charge in [-0.1, -0.05) is 12.2 Å². The molecular formula is C9H11NS. The minimum atomic E-state index is 1.04. The van der Waals surface area contributed by atoms with Crippen molar-refractivity contribution in [3.05, 3.63) is 27.7 Å². The lowest BCUT2D eigenvalue weighted by molar-refractivity contribution is 1.01. The van der Waals surface area contributed by atoms with Crippen LogP contribution >= 0.6 is 11.3 Å². The third kappa shape index (κ3) is 1.36. The van der Waals surface area contributed by atoms with Gasteiger partial charge in [-0.25, -0.2) is 4.98 Å². The molecule has 0 fully saturated rings. The van der Waals surface area contributed by atoms with E-state index >= 15 is 0 Å². The van der Waals surface area contributed by atoms with Crippen molar-refractivity contribution in [1.82, 2.24) is 4.98 Å². The Morgan fingerprint density at radius 1 is 1.45 bits per heavy atom. The molecule has 1 aliphatic rings. The second-order valence-corrected chi connectivity index (χ2v) is 4.10. The van der Waals surface area contributed by atoms with Crippen LogP contribution in [-0.2, 0) is 12.8 Å². The van der Waals surface area contributed by atoms with Gasteiger partial charge in [0, 0.05) is 11.3 Å². The molecule has 0 atom stereocenters. The first-order chi connectivity index (χ1) is 5.36. The molecule has 0 bridgehead atoms. The van der Waals surface area contributed by atoms with Crippen LogP contribution in [-0.4, -0.2) is 4.98 Å². The number of allylic oxidation sites excluding steroid dienone is 2. The Labute approximate surface area is 70.8 Å². The first kappa shape index (κ1) is 7.04. The molecule has 11 heavy (non-hydrogen) atoms. The molecule has 1 aliphatic carbocycles. The maximum Gasteiger partial charge on any atom is 0.0900 e. The largest absolute Gasteiger partial charge is 0.246 e. The van der Waals surface area contributed by atoms with Gasteiger partial charge in [0.2, 0.25) is 0 Å². The van der Waals surface area contributed by atoms with Crippen molar-refractivity contribution >= 4 is 11.3 Å². The highest BCUT2D eigenvalue weighted by atomic mass is 32.1. The average molecular weight is 165 g/mol. The molecule has 0 radical (unpaired) electrons. The Morgan fingerprint density at radius 3 is 3.27 bits per heavy atom. The molecule has 1 aromatic rings. The summed E-state index contributed by atoms with van der Waals surface area (Å²) in [5.74, 6) is 0. The molecule has 2 rings (SSSR count).